The fourth-order valence-electron chi connectivity index (χ4n) is 1.94. The van der Waals surface area contributed by atoms with Crippen LogP contribution in [0.2, 0.25) is 0 Å². The van der Waals surface area contributed by atoms with E-state index in [4.69, 9.17) is 4.74 Å². The van der Waals surface area contributed by atoms with Gasteiger partial charge < -0.3 is 10.1 Å². The number of nitrogens with one attached hydrogen (secondary N) is 1. The van der Waals surface area contributed by atoms with Crippen LogP contribution in [-0.2, 0) is 4.74 Å². The number of hydrogen-bond acceptors (Lipinski definition) is 2. The summed E-state index contributed by atoms with van der Waals surface area (Å²) >= 11 is 0. The first kappa shape index (κ1) is 12.0. The van der Waals surface area contributed by atoms with Gasteiger partial charge in [0.1, 0.15) is 0 Å². The summed E-state index contributed by atoms with van der Waals surface area (Å²) in [7, 11) is 0. The maximum Gasteiger partial charge on any atom is 0.0580 e. The average Bonchev–Trinajstić information content (AvgIpc) is 2.50. The molecule has 14 heavy (non-hydrogen) atoms. The Kier molecular flexibility index (Phi) is 5.49. The second-order valence-electron chi connectivity index (χ2n) is 4.89. The average molecular weight is 199 g/mol. The van der Waals surface area contributed by atoms with Crippen LogP contribution in [0.25, 0.3) is 0 Å². The molecule has 0 spiro atoms. The van der Waals surface area contributed by atoms with Gasteiger partial charge in [0.15, 0.2) is 0 Å². The van der Waals surface area contributed by atoms with Crippen molar-refractivity contribution < 1.29 is 4.74 Å². The lowest BCUT2D eigenvalue weighted by Gasteiger charge is -2.11. The highest BCUT2D eigenvalue weighted by Crippen LogP contribution is 2.22. The Hall–Kier alpha value is -0.0800. The van der Waals surface area contributed by atoms with E-state index in [0.29, 0.717) is 12.2 Å². The minimum absolute atomic E-state index is 0.503. The van der Waals surface area contributed by atoms with Gasteiger partial charge >= 0.3 is 0 Å². The Morgan fingerprint density at radius 1 is 1.36 bits per heavy atom. The molecule has 1 saturated heterocycles. The summed E-state index contributed by atoms with van der Waals surface area (Å²) in [6, 6.07) is 0. The fourth-order valence-corrected chi connectivity index (χ4v) is 1.94. The van der Waals surface area contributed by atoms with E-state index >= 15 is 0 Å². The summed E-state index contributed by atoms with van der Waals surface area (Å²) in [5.41, 5.74) is 0. The van der Waals surface area contributed by atoms with E-state index < -0.39 is 0 Å². The molecule has 1 N–H and O–H groups in total. The molecule has 0 amide bonds. The van der Waals surface area contributed by atoms with Gasteiger partial charge in [0, 0.05) is 0 Å². The Balaban J connectivity index is 1.89. The van der Waals surface area contributed by atoms with E-state index in [1.54, 1.807) is 0 Å². The smallest absolute Gasteiger partial charge is 0.0580 e. The first-order valence-electron chi connectivity index (χ1n) is 6.04. The summed E-state index contributed by atoms with van der Waals surface area (Å²) in [6.45, 7) is 8.95. The van der Waals surface area contributed by atoms with E-state index in [1.165, 1.54) is 25.7 Å². The van der Waals surface area contributed by atoms with Crippen LogP contribution in [0.5, 0.6) is 0 Å². The molecule has 0 aromatic rings. The normalized spacial score (nSPS) is 27.4. The third-order valence-corrected chi connectivity index (χ3v) is 2.75. The molecule has 0 aromatic carbocycles. The molecule has 2 unspecified atom stereocenters. The lowest BCUT2D eigenvalue weighted by atomic mass is 10.1. The van der Waals surface area contributed by atoms with Crippen molar-refractivity contribution in [2.75, 3.05) is 13.1 Å². The van der Waals surface area contributed by atoms with Crippen molar-refractivity contribution in [1.82, 2.24) is 5.32 Å². The highest BCUT2D eigenvalue weighted by molar-refractivity contribution is 4.70. The van der Waals surface area contributed by atoms with Crippen molar-refractivity contribution in [1.29, 1.82) is 0 Å². The highest BCUT2D eigenvalue weighted by Gasteiger charge is 2.20. The Morgan fingerprint density at radius 3 is 2.71 bits per heavy atom. The summed E-state index contributed by atoms with van der Waals surface area (Å²) in [6.07, 6.45) is 6.06. The molecule has 0 radical (unpaired) electrons. The molecule has 84 valence electrons. The summed E-state index contributed by atoms with van der Waals surface area (Å²) in [5.74, 6) is 0.762. The van der Waals surface area contributed by atoms with Crippen molar-refractivity contribution in [3.63, 3.8) is 0 Å². The quantitative estimate of drug-likeness (QED) is 0.664. The summed E-state index contributed by atoms with van der Waals surface area (Å²) < 4.78 is 5.76. The van der Waals surface area contributed by atoms with E-state index in [1.807, 2.05) is 0 Å². The molecule has 1 heterocycles. The zero-order chi connectivity index (χ0) is 10.4. The summed E-state index contributed by atoms with van der Waals surface area (Å²) in [4.78, 5) is 0. The molecule has 0 aliphatic carbocycles. The van der Waals surface area contributed by atoms with E-state index in [0.717, 1.165) is 19.0 Å². The van der Waals surface area contributed by atoms with Crippen LogP contribution in [0.3, 0.4) is 0 Å². The van der Waals surface area contributed by atoms with Crippen LogP contribution in [0.4, 0.5) is 0 Å². The second-order valence-corrected chi connectivity index (χ2v) is 4.89. The Bertz CT molecular complexity index is 147. The molecule has 2 heteroatoms. The number of ether oxygens (including phenoxy) is 1. The van der Waals surface area contributed by atoms with Crippen LogP contribution in [-0.4, -0.2) is 25.3 Å². The standard InChI is InChI=1S/C12H25NO/c1-10(2)9-13-8-4-5-12-7-6-11(3)14-12/h10-13H,4-9H2,1-3H3. The second kappa shape index (κ2) is 6.41. The fraction of sp³-hybridized carbons (Fsp3) is 1.00. The van der Waals surface area contributed by atoms with Crippen LogP contribution in [0.1, 0.15) is 46.5 Å². The molecule has 0 saturated carbocycles. The topological polar surface area (TPSA) is 21.3 Å². The van der Waals surface area contributed by atoms with E-state index in [9.17, 15) is 0 Å². The lowest BCUT2D eigenvalue weighted by molar-refractivity contribution is 0.0499. The van der Waals surface area contributed by atoms with E-state index in [-0.39, 0.29) is 0 Å². The van der Waals surface area contributed by atoms with Crippen LogP contribution < -0.4 is 5.32 Å². The predicted molar refractivity (Wildman–Crippen MR) is 60.5 cm³/mol. The largest absolute Gasteiger partial charge is 0.375 e. The predicted octanol–water partition coefficient (Wildman–Crippen LogP) is 2.58. The van der Waals surface area contributed by atoms with Gasteiger partial charge in [-0.15, -0.1) is 0 Å². The Morgan fingerprint density at radius 2 is 2.14 bits per heavy atom. The van der Waals surface area contributed by atoms with Crippen molar-refractivity contribution >= 4 is 0 Å². The number of hydrogen-bond donors (Lipinski definition) is 1. The molecule has 1 fully saturated rings. The number of rotatable bonds is 6. The summed E-state index contributed by atoms with van der Waals surface area (Å²) in [5, 5.41) is 3.46. The van der Waals surface area contributed by atoms with Gasteiger partial charge in [-0.25, -0.2) is 0 Å². The van der Waals surface area contributed by atoms with Crippen LogP contribution in [0, 0.1) is 5.92 Å². The van der Waals surface area contributed by atoms with Gasteiger partial charge in [0.25, 0.3) is 0 Å². The first-order valence-corrected chi connectivity index (χ1v) is 6.04. The molecule has 2 atom stereocenters. The SMILES string of the molecule is CC(C)CNCCCC1CCC(C)O1. The molecule has 0 bridgehead atoms. The molecule has 2 nitrogen and oxygen atoms in total. The molecule has 0 aromatic heterocycles. The lowest BCUT2D eigenvalue weighted by Crippen LogP contribution is -2.21. The molecule has 1 rings (SSSR count). The van der Waals surface area contributed by atoms with Gasteiger partial charge in [0.2, 0.25) is 0 Å². The molecule has 1 aliphatic rings. The molecular formula is C12H25NO. The zero-order valence-corrected chi connectivity index (χ0v) is 9.88. The third-order valence-electron chi connectivity index (χ3n) is 2.75. The van der Waals surface area contributed by atoms with Gasteiger partial charge in [-0.05, 0) is 51.6 Å². The minimum Gasteiger partial charge on any atom is -0.375 e. The van der Waals surface area contributed by atoms with Crippen LogP contribution >= 0.6 is 0 Å². The van der Waals surface area contributed by atoms with Crippen molar-refractivity contribution in [2.24, 2.45) is 5.92 Å². The van der Waals surface area contributed by atoms with Gasteiger partial charge in [0.05, 0.1) is 12.2 Å². The van der Waals surface area contributed by atoms with Gasteiger partial charge in [-0.3, -0.25) is 0 Å². The van der Waals surface area contributed by atoms with Gasteiger partial charge in [-0.1, -0.05) is 13.8 Å². The van der Waals surface area contributed by atoms with Gasteiger partial charge in [-0.2, -0.15) is 0 Å². The maximum atomic E-state index is 5.76. The van der Waals surface area contributed by atoms with Crippen molar-refractivity contribution in [2.45, 2.75) is 58.7 Å². The highest BCUT2D eigenvalue weighted by atomic mass is 16.5. The maximum absolute atomic E-state index is 5.76. The minimum atomic E-state index is 0.503. The van der Waals surface area contributed by atoms with Crippen LogP contribution in [0.15, 0.2) is 0 Å². The first-order chi connectivity index (χ1) is 6.68. The third kappa shape index (κ3) is 4.97. The van der Waals surface area contributed by atoms with Crippen molar-refractivity contribution in [3.8, 4) is 0 Å². The monoisotopic (exact) mass is 199 g/mol. The molecular weight excluding hydrogens is 174 g/mol. The van der Waals surface area contributed by atoms with Crippen molar-refractivity contribution in [3.05, 3.63) is 0 Å². The Labute approximate surface area is 88.4 Å². The molecule has 1 aliphatic heterocycles. The van der Waals surface area contributed by atoms with E-state index in [2.05, 4.69) is 26.1 Å². The zero-order valence-electron chi connectivity index (χ0n) is 9.88.